The summed E-state index contributed by atoms with van der Waals surface area (Å²) < 4.78 is 0. The monoisotopic (exact) mass is 250 g/mol. The summed E-state index contributed by atoms with van der Waals surface area (Å²) in [5.74, 6) is 0.119. The van der Waals surface area contributed by atoms with Crippen LogP contribution in [0, 0.1) is 0 Å². The van der Waals surface area contributed by atoms with Crippen LogP contribution in [0.15, 0.2) is 12.2 Å². The first-order chi connectivity index (χ1) is 8.60. The van der Waals surface area contributed by atoms with Crippen molar-refractivity contribution in [1.29, 1.82) is 0 Å². The highest BCUT2D eigenvalue weighted by Crippen LogP contribution is 2.34. The molecule has 2 rings (SSSR count). The Hall–Kier alpha value is -1.32. The topological polar surface area (TPSA) is 49.4 Å². The highest BCUT2D eigenvalue weighted by Gasteiger charge is 2.50. The van der Waals surface area contributed by atoms with Crippen LogP contribution in [0.4, 0.5) is 0 Å². The van der Waals surface area contributed by atoms with Crippen molar-refractivity contribution < 1.29 is 9.59 Å². The summed E-state index contributed by atoms with van der Waals surface area (Å²) >= 11 is 0. The normalized spacial score (nSPS) is 27.2. The first kappa shape index (κ1) is 13.1. The van der Waals surface area contributed by atoms with Gasteiger partial charge in [-0.05, 0) is 33.1 Å². The summed E-state index contributed by atoms with van der Waals surface area (Å²) in [5.41, 5.74) is -0.584. The smallest absolute Gasteiger partial charge is 0.249 e. The van der Waals surface area contributed by atoms with Crippen LogP contribution < -0.4 is 5.32 Å². The zero-order valence-corrected chi connectivity index (χ0v) is 11.2. The molecule has 4 heteroatoms. The molecular weight excluding hydrogens is 228 g/mol. The van der Waals surface area contributed by atoms with Crippen LogP contribution in [0.25, 0.3) is 0 Å². The third-order valence-electron chi connectivity index (χ3n) is 4.11. The summed E-state index contributed by atoms with van der Waals surface area (Å²) in [6.45, 7) is 4.41. The Morgan fingerprint density at radius 1 is 1.39 bits per heavy atom. The van der Waals surface area contributed by atoms with E-state index in [0.29, 0.717) is 6.54 Å². The van der Waals surface area contributed by atoms with Crippen LogP contribution in [0.3, 0.4) is 0 Å². The van der Waals surface area contributed by atoms with Crippen molar-refractivity contribution >= 4 is 11.8 Å². The fourth-order valence-corrected chi connectivity index (χ4v) is 2.98. The van der Waals surface area contributed by atoms with Gasteiger partial charge in [0.1, 0.15) is 11.6 Å². The highest BCUT2D eigenvalue weighted by atomic mass is 16.2. The van der Waals surface area contributed by atoms with E-state index in [4.69, 9.17) is 0 Å². The van der Waals surface area contributed by atoms with Gasteiger partial charge in [0.25, 0.3) is 0 Å². The van der Waals surface area contributed by atoms with Gasteiger partial charge in [0.05, 0.1) is 0 Å². The number of allylic oxidation sites excluding steroid dienone is 1. The predicted octanol–water partition coefficient (Wildman–Crippen LogP) is 1.61. The molecule has 4 nitrogen and oxygen atoms in total. The molecule has 1 unspecified atom stereocenters. The zero-order chi connectivity index (χ0) is 13.2. The Balaban J connectivity index is 2.15. The van der Waals surface area contributed by atoms with Gasteiger partial charge in [0, 0.05) is 6.54 Å². The highest BCUT2D eigenvalue weighted by molar-refractivity contribution is 5.99. The molecule has 1 aliphatic carbocycles. The van der Waals surface area contributed by atoms with E-state index in [2.05, 4.69) is 5.32 Å². The average molecular weight is 250 g/mol. The van der Waals surface area contributed by atoms with Gasteiger partial charge in [0.15, 0.2) is 0 Å². The van der Waals surface area contributed by atoms with E-state index in [0.717, 1.165) is 32.1 Å². The molecule has 0 aromatic carbocycles. The molecule has 1 N–H and O–H groups in total. The number of rotatable bonds is 3. The molecule has 1 saturated carbocycles. The minimum Gasteiger partial charge on any atom is -0.340 e. The minimum atomic E-state index is -0.584. The molecule has 0 aromatic heterocycles. The van der Waals surface area contributed by atoms with Crippen molar-refractivity contribution in [3.8, 4) is 0 Å². The number of hydrogen-bond donors (Lipinski definition) is 1. The Kier molecular flexibility index (Phi) is 3.73. The predicted molar refractivity (Wildman–Crippen MR) is 69.9 cm³/mol. The second kappa shape index (κ2) is 5.12. The quantitative estimate of drug-likeness (QED) is 0.774. The molecule has 1 atom stereocenters. The Labute approximate surface area is 108 Å². The third-order valence-corrected chi connectivity index (χ3v) is 4.11. The Morgan fingerprint density at radius 2 is 2.06 bits per heavy atom. The van der Waals surface area contributed by atoms with Gasteiger partial charge in [-0.3, -0.25) is 9.59 Å². The lowest BCUT2D eigenvalue weighted by Crippen LogP contribution is -2.68. The van der Waals surface area contributed by atoms with Crippen LogP contribution in [-0.4, -0.2) is 34.8 Å². The maximum absolute atomic E-state index is 12.6. The molecule has 100 valence electrons. The lowest BCUT2D eigenvalue weighted by atomic mass is 9.91. The van der Waals surface area contributed by atoms with Crippen LogP contribution in [-0.2, 0) is 9.59 Å². The van der Waals surface area contributed by atoms with Gasteiger partial charge in [-0.1, -0.05) is 25.0 Å². The van der Waals surface area contributed by atoms with Gasteiger partial charge < -0.3 is 10.2 Å². The lowest BCUT2D eigenvalue weighted by Gasteiger charge is -2.43. The second-order valence-electron chi connectivity index (χ2n) is 5.31. The SMILES string of the molecule is C/C=C/CCN1C(=O)C2(CCCC2)NC(=O)C1C. The molecule has 0 radical (unpaired) electrons. The second-order valence-corrected chi connectivity index (χ2v) is 5.31. The van der Waals surface area contributed by atoms with Crippen molar-refractivity contribution in [2.24, 2.45) is 0 Å². The van der Waals surface area contributed by atoms with Crippen LogP contribution in [0.5, 0.6) is 0 Å². The number of nitrogens with one attached hydrogen (secondary N) is 1. The van der Waals surface area contributed by atoms with Crippen molar-refractivity contribution in [2.45, 2.75) is 57.5 Å². The van der Waals surface area contributed by atoms with Gasteiger partial charge in [-0.2, -0.15) is 0 Å². The number of nitrogens with zero attached hydrogens (tertiary/aromatic N) is 1. The third kappa shape index (κ3) is 2.16. The fourth-order valence-electron chi connectivity index (χ4n) is 2.98. The summed E-state index contributed by atoms with van der Waals surface area (Å²) in [4.78, 5) is 26.4. The lowest BCUT2D eigenvalue weighted by molar-refractivity contribution is -0.154. The van der Waals surface area contributed by atoms with E-state index >= 15 is 0 Å². The summed E-state index contributed by atoms with van der Waals surface area (Å²) in [6, 6.07) is -0.339. The standard InChI is InChI=1S/C14H22N2O2/c1-3-4-7-10-16-11(2)12(17)15-14(13(16)18)8-5-6-9-14/h3-4,11H,5-10H2,1-2H3,(H,15,17)/b4-3+. The van der Waals surface area contributed by atoms with E-state index in [-0.39, 0.29) is 17.9 Å². The number of amides is 2. The molecule has 18 heavy (non-hydrogen) atoms. The Bertz CT molecular complexity index is 370. The molecule has 0 bridgehead atoms. The van der Waals surface area contributed by atoms with Crippen LogP contribution >= 0.6 is 0 Å². The number of carbonyl (C=O) groups excluding carboxylic acids is 2. The van der Waals surface area contributed by atoms with E-state index in [1.807, 2.05) is 26.0 Å². The van der Waals surface area contributed by atoms with Gasteiger partial charge in [-0.15, -0.1) is 0 Å². The molecule has 1 spiro atoms. The number of piperazine rings is 1. The molecule has 2 amide bonds. The van der Waals surface area contributed by atoms with E-state index in [1.54, 1.807) is 4.90 Å². The minimum absolute atomic E-state index is 0.00280. The molecule has 0 aromatic rings. The molecule has 1 saturated heterocycles. The molecular formula is C14H22N2O2. The van der Waals surface area contributed by atoms with Crippen molar-refractivity contribution in [2.75, 3.05) is 6.54 Å². The molecule has 2 fully saturated rings. The summed E-state index contributed by atoms with van der Waals surface area (Å²) in [6.07, 6.45) is 8.48. The van der Waals surface area contributed by atoms with Crippen molar-refractivity contribution in [1.82, 2.24) is 10.2 Å². The molecule has 1 aliphatic heterocycles. The maximum atomic E-state index is 12.6. The van der Waals surface area contributed by atoms with Gasteiger partial charge >= 0.3 is 0 Å². The average Bonchev–Trinajstić information content (AvgIpc) is 2.81. The van der Waals surface area contributed by atoms with Crippen molar-refractivity contribution in [3.63, 3.8) is 0 Å². The summed E-state index contributed by atoms with van der Waals surface area (Å²) in [5, 5.41) is 2.96. The van der Waals surface area contributed by atoms with Gasteiger partial charge in [0.2, 0.25) is 11.8 Å². The maximum Gasteiger partial charge on any atom is 0.249 e. The Morgan fingerprint density at radius 3 is 2.67 bits per heavy atom. The van der Waals surface area contributed by atoms with E-state index in [1.165, 1.54) is 0 Å². The van der Waals surface area contributed by atoms with E-state index in [9.17, 15) is 9.59 Å². The summed E-state index contributed by atoms with van der Waals surface area (Å²) in [7, 11) is 0. The first-order valence-electron chi connectivity index (χ1n) is 6.85. The van der Waals surface area contributed by atoms with Crippen molar-refractivity contribution in [3.05, 3.63) is 12.2 Å². The fraction of sp³-hybridized carbons (Fsp3) is 0.714. The number of hydrogen-bond acceptors (Lipinski definition) is 2. The zero-order valence-electron chi connectivity index (χ0n) is 11.2. The van der Waals surface area contributed by atoms with Crippen LogP contribution in [0.1, 0.15) is 46.0 Å². The molecule has 2 aliphatic rings. The first-order valence-corrected chi connectivity index (χ1v) is 6.85. The van der Waals surface area contributed by atoms with E-state index < -0.39 is 5.54 Å². The number of carbonyl (C=O) groups is 2. The largest absolute Gasteiger partial charge is 0.340 e. The molecule has 1 heterocycles. The van der Waals surface area contributed by atoms with Crippen LogP contribution in [0.2, 0.25) is 0 Å². The van der Waals surface area contributed by atoms with Gasteiger partial charge in [-0.25, -0.2) is 0 Å².